The Hall–Kier alpha value is -0.170. The molecule has 0 aliphatic heterocycles. The van der Waals surface area contributed by atoms with Crippen molar-refractivity contribution >= 4 is 22.6 Å². The summed E-state index contributed by atoms with van der Waals surface area (Å²) < 4.78 is 3.23. The number of hydrogen-bond acceptors (Lipinski definition) is 3. The van der Waals surface area contributed by atoms with Crippen molar-refractivity contribution in [3.05, 3.63) is 11.9 Å². The number of aromatic nitrogens is 3. The highest BCUT2D eigenvalue weighted by atomic mass is 127. The number of rotatable bonds is 12. The molecule has 0 radical (unpaired) electrons. The van der Waals surface area contributed by atoms with Crippen LogP contribution in [-0.4, -0.2) is 31.1 Å². The molecule has 110 valence electrons. The van der Waals surface area contributed by atoms with E-state index in [1.807, 2.05) is 10.9 Å². The average molecular weight is 379 g/mol. The quantitative estimate of drug-likeness (QED) is 0.344. The molecule has 0 saturated heterocycles. The van der Waals surface area contributed by atoms with Gasteiger partial charge in [0.2, 0.25) is 0 Å². The van der Waals surface area contributed by atoms with Crippen LogP contribution in [-0.2, 0) is 13.0 Å². The molecule has 1 heterocycles. The Kier molecular flexibility index (Phi) is 10.3. The number of hydrogen-bond donors (Lipinski definition) is 1. The molecule has 19 heavy (non-hydrogen) atoms. The molecule has 1 N–H and O–H groups in total. The third-order valence-corrected chi connectivity index (χ3v) is 3.96. The van der Waals surface area contributed by atoms with E-state index < -0.39 is 0 Å². The second-order valence-electron chi connectivity index (χ2n) is 4.96. The molecule has 1 aromatic heterocycles. The smallest absolute Gasteiger partial charge is 0.0828 e. The SMILES string of the molecule is OCCCc1cn(CCCCCCCCCI)nn1. The first-order valence-corrected chi connectivity index (χ1v) is 8.95. The van der Waals surface area contributed by atoms with Crippen LogP contribution in [0.4, 0.5) is 0 Å². The van der Waals surface area contributed by atoms with Crippen LogP contribution in [0.2, 0.25) is 0 Å². The van der Waals surface area contributed by atoms with Crippen LogP contribution in [0.15, 0.2) is 6.20 Å². The fourth-order valence-electron chi connectivity index (χ4n) is 2.07. The topological polar surface area (TPSA) is 50.9 Å². The van der Waals surface area contributed by atoms with Crippen molar-refractivity contribution in [2.45, 2.75) is 64.3 Å². The first kappa shape index (κ1) is 16.9. The van der Waals surface area contributed by atoms with Gasteiger partial charge in [-0.15, -0.1) is 5.10 Å². The van der Waals surface area contributed by atoms with Crippen LogP contribution < -0.4 is 0 Å². The fraction of sp³-hybridized carbons (Fsp3) is 0.857. The Morgan fingerprint density at radius 1 is 1.00 bits per heavy atom. The maximum atomic E-state index is 8.76. The molecular formula is C14H26IN3O. The summed E-state index contributed by atoms with van der Waals surface area (Å²) >= 11 is 2.45. The molecule has 0 aliphatic rings. The molecular weight excluding hydrogens is 353 g/mol. The summed E-state index contributed by atoms with van der Waals surface area (Å²) in [6, 6.07) is 0. The van der Waals surface area contributed by atoms with E-state index in [1.165, 1.54) is 49.4 Å². The van der Waals surface area contributed by atoms with Gasteiger partial charge in [-0.3, -0.25) is 4.68 Å². The van der Waals surface area contributed by atoms with E-state index in [1.54, 1.807) is 0 Å². The van der Waals surface area contributed by atoms with Gasteiger partial charge in [0.25, 0.3) is 0 Å². The van der Waals surface area contributed by atoms with Gasteiger partial charge in [-0.25, -0.2) is 0 Å². The molecule has 0 saturated carbocycles. The van der Waals surface area contributed by atoms with Gasteiger partial charge in [0.15, 0.2) is 0 Å². The van der Waals surface area contributed by atoms with Gasteiger partial charge in [0, 0.05) is 19.3 Å². The van der Waals surface area contributed by atoms with E-state index in [2.05, 4.69) is 32.9 Å². The molecule has 1 rings (SSSR count). The average Bonchev–Trinajstić information content (AvgIpc) is 2.87. The first-order chi connectivity index (χ1) is 9.36. The van der Waals surface area contributed by atoms with Crippen molar-refractivity contribution in [1.29, 1.82) is 0 Å². The zero-order valence-electron chi connectivity index (χ0n) is 11.7. The largest absolute Gasteiger partial charge is 0.396 e. The fourth-order valence-corrected chi connectivity index (χ4v) is 2.61. The summed E-state index contributed by atoms with van der Waals surface area (Å²) in [5.74, 6) is 0. The van der Waals surface area contributed by atoms with Crippen LogP contribution in [0.3, 0.4) is 0 Å². The van der Waals surface area contributed by atoms with Gasteiger partial charge in [-0.1, -0.05) is 59.9 Å². The van der Waals surface area contributed by atoms with E-state index in [-0.39, 0.29) is 6.61 Å². The summed E-state index contributed by atoms with van der Waals surface area (Å²) in [7, 11) is 0. The van der Waals surface area contributed by atoms with Gasteiger partial charge < -0.3 is 5.11 Å². The zero-order valence-corrected chi connectivity index (χ0v) is 13.9. The summed E-state index contributed by atoms with van der Waals surface area (Å²) in [6.07, 6.45) is 12.9. The Bertz CT molecular complexity index is 317. The number of alkyl halides is 1. The van der Waals surface area contributed by atoms with E-state index in [0.717, 1.165) is 25.1 Å². The lowest BCUT2D eigenvalue weighted by Gasteiger charge is -2.01. The maximum absolute atomic E-state index is 8.76. The predicted molar refractivity (Wildman–Crippen MR) is 86.6 cm³/mol. The number of aryl methyl sites for hydroxylation is 2. The Morgan fingerprint density at radius 3 is 2.37 bits per heavy atom. The molecule has 4 nitrogen and oxygen atoms in total. The Morgan fingerprint density at radius 2 is 1.68 bits per heavy atom. The molecule has 5 heteroatoms. The third kappa shape index (κ3) is 8.57. The van der Waals surface area contributed by atoms with Gasteiger partial charge in [-0.05, 0) is 30.1 Å². The van der Waals surface area contributed by atoms with Crippen LogP contribution in [0, 0.1) is 0 Å². The molecule has 0 fully saturated rings. The zero-order chi connectivity index (χ0) is 13.8. The Balaban J connectivity index is 1.98. The molecule has 0 aliphatic carbocycles. The minimum absolute atomic E-state index is 0.227. The van der Waals surface area contributed by atoms with Crippen molar-refractivity contribution in [3.63, 3.8) is 0 Å². The molecule has 0 atom stereocenters. The standard InChI is InChI=1S/C14H26IN3O/c15-10-6-4-2-1-3-5-7-11-18-13-14(16-17-18)9-8-12-19/h13,19H,1-12H2. The van der Waals surface area contributed by atoms with Crippen LogP contribution >= 0.6 is 22.6 Å². The summed E-state index contributed by atoms with van der Waals surface area (Å²) in [5.41, 5.74) is 0.993. The lowest BCUT2D eigenvalue weighted by molar-refractivity contribution is 0.288. The van der Waals surface area contributed by atoms with Crippen LogP contribution in [0.1, 0.15) is 57.1 Å². The van der Waals surface area contributed by atoms with E-state index in [4.69, 9.17) is 5.11 Å². The second kappa shape index (κ2) is 11.6. The van der Waals surface area contributed by atoms with Crippen molar-refractivity contribution < 1.29 is 5.11 Å². The summed E-state index contributed by atoms with van der Waals surface area (Å²) in [5, 5.41) is 17.0. The van der Waals surface area contributed by atoms with Gasteiger partial charge in [0.1, 0.15) is 0 Å². The predicted octanol–water partition coefficient (Wildman–Crippen LogP) is 3.37. The second-order valence-corrected chi connectivity index (χ2v) is 6.04. The van der Waals surface area contributed by atoms with Gasteiger partial charge >= 0.3 is 0 Å². The van der Waals surface area contributed by atoms with Crippen molar-refractivity contribution in [3.8, 4) is 0 Å². The Labute approximate surface area is 130 Å². The first-order valence-electron chi connectivity index (χ1n) is 7.42. The molecule has 0 bridgehead atoms. The number of nitrogens with zero attached hydrogens (tertiary/aromatic N) is 3. The molecule has 0 unspecified atom stereocenters. The number of halogens is 1. The molecule has 0 amide bonds. The van der Waals surface area contributed by atoms with Gasteiger partial charge in [-0.2, -0.15) is 0 Å². The molecule has 0 spiro atoms. The third-order valence-electron chi connectivity index (χ3n) is 3.20. The number of aliphatic hydroxyl groups excluding tert-OH is 1. The number of aliphatic hydroxyl groups is 1. The van der Waals surface area contributed by atoms with Crippen molar-refractivity contribution in [2.75, 3.05) is 11.0 Å². The minimum Gasteiger partial charge on any atom is -0.396 e. The normalized spacial score (nSPS) is 11.1. The molecule has 1 aromatic rings. The van der Waals surface area contributed by atoms with Crippen molar-refractivity contribution in [2.24, 2.45) is 0 Å². The molecule has 0 aromatic carbocycles. The van der Waals surface area contributed by atoms with Crippen molar-refractivity contribution in [1.82, 2.24) is 15.0 Å². The van der Waals surface area contributed by atoms with E-state index >= 15 is 0 Å². The maximum Gasteiger partial charge on any atom is 0.0828 e. The highest BCUT2D eigenvalue weighted by Crippen LogP contribution is 2.09. The highest BCUT2D eigenvalue weighted by molar-refractivity contribution is 14.1. The van der Waals surface area contributed by atoms with Crippen LogP contribution in [0.25, 0.3) is 0 Å². The lowest BCUT2D eigenvalue weighted by atomic mass is 10.1. The summed E-state index contributed by atoms with van der Waals surface area (Å²) in [6.45, 7) is 1.20. The minimum atomic E-state index is 0.227. The van der Waals surface area contributed by atoms with Gasteiger partial charge in [0.05, 0.1) is 5.69 Å². The highest BCUT2D eigenvalue weighted by Gasteiger charge is 2.00. The summed E-state index contributed by atoms with van der Waals surface area (Å²) in [4.78, 5) is 0. The lowest BCUT2D eigenvalue weighted by Crippen LogP contribution is -1.98. The van der Waals surface area contributed by atoms with Crippen LogP contribution in [0.5, 0.6) is 0 Å². The van der Waals surface area contributed by atoms with E-state index in [0.29, 0.717) is 0 Å². The van der Waals surface area contributed by atoms with E-state index in [9.17, 15) is 0 Å². The number of unbranched alkanes of at least 4 members (excludes halogenated alkanes) is 6. The monoisotopic (exact) mass is 379 g/mol.